The Bertz CT molecular complexity index is 849. The van der Waals surface area contributed by atoms with Gasteiger partial charge in [0.1, 0.15) is 5.75 Å². The molecule has 0 saturated heterocycles. The van der Waals surface area contributed by atoms with Gasteiger partial charge in [-0.2, -0.15) is 0 Å². The van der Waals surface area contributed by atoms with E-state index in [4.69, 9.17) is 9.47 Å². The Balaban J connectivity index is 1.72. The average molecular weight is 398 g/mol. The van der Waals surface area contributed by atoms with Crippen LogP contribution in [0.4, 0.5) is 0 Å². The maximum absolute atomic E-state index is 12.3. The van der Waals surface area contributed by atoms with Crippen LogP contribution in [0.25, 0.3) is 0 Å². The maximum Gasteiger partial charge on any atom is 0.344 e. The monoisotopic (exact) mass is 398 g/mol. The number of ketones is 1. The summed E-state index contributed by atoms with van der Waals surface area (Å²) in [6, 6.07) is 15.2. The first-order valence-corrected chi connectivity index (χ1v) is 9.01. The third-order valence-corrected chi connectivity index (χ3v) is 3.69. The van der Waals surface area contributed by atoms with Gasteiger partial charge in [0.05, 0.1) is 6.54 Å². The molecule has 8 nitrogen and oxygen atoms in total. The molecule has 2 amide bonds. The number of carbonyl (C=O) groups is 4. The summed E-state index contributed by atoms with van der Waals surface area (Å²) in [5.41, 5.74) is 1.07. The highest BCUT2D eigenvalue weighted by molar-refractivity contribution is 6.09. The number of hydrogen-bond acceptors (Lipinski definition) is 6. The summed E-state index contributed by atoms with van der Waals surface area (Å²) in [6.07, 6.45) is 0. The minimum atomic E-state index is -0.734. The average Bonchev–Trinajstić information content (AvgIpc) is 2.75. The molecule has 0 aromatic heterocycles. The molecule has 0 aliphatic carbocycles. The lowest BCUT2D eigenvalue weighted by molar-refractivity contribution is -0.150. The normalized spacial score (nSPS) is 9.97. The molecule has 0 bridgehead atoms. The zero-order valence-corrected chi connectivity index (χ0v) is 16.0. The lowest BCUT2D eigenvalue weighted by Crippen LogP contribution is -2.38. The van der Waals surface area contributed by atoms with Crippen LogP contribution >= 0.6 is 0 Å². The predicted octanol–water partition coefficient (Wildman–Crippen LogP) is 1.09. The van der Waals surface area contributed by atoms with Crippen molar-refractivity contribution in [2.24, 2.45) is 0 Å². The fraction of sp³-hybridized carbons (Fsp3) is 0.238. The van der Waals surface area contributed by atoms with Gasteiger partial charge in [-0.05, 0) is 31.2 Å². The second-order valence-corrected chi connectivity index (χ2v) is 5.90. The highest BCUT2D eigenvalue weighted by Crippen LogP contribution is 2.15. The highest BCUT2D eigenvalue weighted by atomic mass is 16.6. The minimum Gasteiger partial charge on any atom is -0.482 e. The Kier molecular flexibility index (Phi) is 8.37. The number of ether oxygens (including phenoxy) is 2. The minimum absolute atomic E-state index is 0.116. The van der Waals surface area contributed by atoms with Gasteiger partial charge in [-0.1, -0.05) is 30.3 Å². The van der Waals surface area contributed by atoms with Crippen LogP contribution in [-0.2, 0) is 19.1 Å². The van der Waals surface area contributed by atoms with Crippen LogP contribution in [0.1, 0.15) is 22.8 Å². The Labute approximate surface area is 168 Å². The molecule has 8 heteroatoms. The van der Waals surface area contributed by atoms with E-state index in [-0.39, 0.29) is 18.2 Å². The molecular weight excluding hydrogens is 376 g/mol. The highest BCUT2D eigenvalue weighted by Gasteiger charge is 2.11. The molecule has 0 radical (unpaired) electrons. The van der Waals surface area contributed by atoms with Gasteiger partial charge in [0.25, 0.3) is 5.91 Å². The fourth-order valence-corrected chi connectivity index (χ4v) is 2.28. The van der Waals surface area contributed by atoms with Crippen molar-refractivity contribution in [2.45, 2.75) is 6.92 Å². The standard InChI is InChI=1S/C21H22N2O6/c1-2-22-18(24)12-23-19(25)13-29-20(26)14-28-17-10-8-16(9-11-17)21(27)15-6-4-3-5-7-15/h3-11H,2,12-14H2,1H3,(H,22,24)(H,23,25). The SMILES string of the molecule is CCNC(=O)CNC(=O)COC(=O)COc1ccc(C(=O)c2ccccc2)cc1. The smallest absolute Gasteiger partial charge is 0.344 e. The van der Waals surface area contributed by atoms with Crippen LogP contribution in [0.2, 0.25) is 0 Å². The zero-order valence-electron chi connectivity index (χ0n) is 16.0. The van der Waals surface area contributed by atoms with Gasteiger partial charge >= 0.3 is 5.97 Å². The van der Waals surface area contributed by atoms with Crippen molar-refractivity contribution in [3.05, 3.63) is 65.7 Å². The molecule has 2 aromatic carbocycles. The number of hydrogen-bond donors (Lipinski definition) is 2. The number of amides is 2. The molecule has 0 spiro atoms. The van der Waals surface area contributed by atoms with Gasteiger partial charge in [-0.15, -0.1) is 0 Å². The Morgan fingerprint density at radius 3 is 2.10 bits per heavy atom. The summed E-state index contributed by atoms with van der Waals surface area (Å²) in [5.74, 6) is -1.39. The Morgan fingerprint density at radius 2 is 1.45 bits per heavy atom. The third-order valence-electron chi connectivity index (χ3n) is 3.69. The number of esters is 1. The molecule has 29 heavy (non-hydrogen) atoms. The lowest BCUT2D eigenvalue weighted by atomic mass is 10.0. The second kappa shape index (κ2) is 11.2. The van der Waals surface area contributed by atoms with Crippen LogP contribution in [0.5, 0.6) is 5.75 Å². The summed E-state index contributed by atoms with van der Waals surface area (Å²) in [5, 5.41) is 4.85. The first-order valence-electron chi connectivity index (χ1n) is 9.01. The van der Waals surface area contributed by atoms with E-state index in [0.717, 1.165) is 0 Å². The molecule has 0 atom stereocenters. The van der Waals surface area contributed by atoms with E-state index in [1.807, 2.05) is 6.07 Å². The van der Waals surface area contributed by atoms with Crippen LogP contribution in [0, 0.1) is 0 Å². The van der Waals surface area contributed by atoms with Crippen molar-refractivity contribution >= 4 is 23.6 Å². The number of carbonyl (C=O) groups excluding carboxylic acids is 4. The van der Waals surface area contributed by atoms with Crippen LogP contribution in [0.15, 0.2) is 54.6 Å². The first kappa shape index (κ1) is 21.6. The molecule has 0 aliphatic rings. The summed E-state index contributed by atoms with van der Waals surface area (Å²) < 4.78 is 10.1. The second-order valence-electron chi connectivity index (χ2n) is 5.90. The summed E-state index contributed by atoms with van der Waals surface area (Å²) >= 11 is 0. The summed E-state index contributed by atoms with van der Waals surface area (Å²) in [7, 11) is 0. The van der Waals surface area contributed by atoms with Gasteiger partial charge in [-0.25, -0.2) is 4.79 Å². The van der Waals surface area contributed by atoms with E-state index in [0.29, 0.717) is 23.4 Å². The van der Waals surface area contributed by atoms with Crippen molar-refractivity contribution in [1.82, 2.24) is 10.6 Å². The molecule has 152 valence electrons. The third kappa shape index (κ3) is 7.45. The van der Waals surface area contributed by atoms with Gasteiger partial charge in [-0.3, -0.25) is 14.4 Å². The summed E-state index contributed by atoms with van der Waals surface area (Å²) in [6.45, 7) is 1.13. The number of nitrogens with one attached hydrogen (secondary N) is 2. The van der Waals surface area contributed by atoms with E-state index in [2.05, 4.69) is 10.6 Å². The first-order chi connectivity index (χ1) is 14.0. The lowest BCUT2D eigenvalue weighted by Gasteiger charge is -2.08. The molecule has 0 heterocycles. The van der Waals surface area contributed by atoms with Crippen LogP contribution in [-0.4, -0.2) is 49.9 Å². The molecule has 0 fully saturated rings. The van der Waals surface area contributed by atoms with Crippen molar-refractivity contribution in [1.29, 1.82) is 0 Å². The van der Waals surface area contributed by atoms with Crippen LogP contribution < -0.4 is 15.4 Å². The zero-order chi connectivity index (χ0) is 21.1. The Morgan fingerprint density at radius 1 is 0.793 bits per heavy atom. The van der Waals surface area contributed by atoms with Crippen molar-refractivity contribution in [2.75, 3.05) is 26.3 Å². The van der Waals surface area contributed by atoms with Gasteiger partial charge in [0.15, 0.2) is 19.0 Å². The van der Waals surface area contributed by atoms with Crippen molar-refractivity contribution in [3.63, 3.8) is 0 Å². The Hall–Kier alpha value is -3.68. The number of rotatable bonds is 10. The molecule has 0 aliphatic heterocycles. The summed E-state index contributed by atoms with van der Waals surface area (Å²) in [4.78, 5) is 46.7. The van der Waals surface area contributed by atoms with Gasteiger partial charge in [0.2, 0.25) is 5.91 Å². The molecular formula is C21H22N2O6. The van der Waals surface area contributed by atoms with Crippen LogP contribution in [0.3, 0.4) is 0 Å². The topological polar surface area (TPSA) is 111 Å². The van der Waals surface area contributed by atoms with Crippen molar-refractivity contribution in [3.8, 4) is 5.75 Å². The molecule has 2 N–H and O–H groups in total. The molecule has 2 rings (SSSR count). The predicted molar refractivity (Wildman–Crippen MR) is 104 cm³/mol. The van der Waals surface area contributed by atoms with E-state index in [1.165, 1.54) is 0 Å². The number of benzene rings is 2. The molecule has 0 saturated carbocycles. The van der Waals surface area contributed by atoms with Crippen molar-refractivity contribution < 1.29 is 28.7 Å². The fourth-order valence-electron chi connectivity index (χ4n) is 2.28. The number of likely N-dealkylation sites (N-methyl/N-ethyl adjacent to an activating group) is 1. The van der Waals surface area contributed by atoms with Gasteiger partial charge in [0, 0.05) is 17.7 Å². The van der Waals surface area contributed by atoms with E-state index < -0.39 is 25.1 Å². The quantitative estimate of drug-likeness (QED) is 0.458. The molecule has 0 unspecified atom stereocenters. The van der Waals surface area contributed by atoms with E-state index >= 15 is 0 Å². The molecule has 2 aromatic rings. The van der Waals surface area contributed by atoms with Gasteiger partial charge < -0.3 is 20.1 Å². The van der Waals surface area contributed by atoms with E-state index in [1.54, 1.807) is 55.5 Å². The largest absolute Gasteiger partial charge is 0.482 e. The maximum atomic E-state index is 12.3. The van der Waals surface area contributed by atoms with E-state index in [9.17, 15) is 19.2 Å².